The molecule has 2 unspecified atom stereocenters. The maximum absolute atomic E-state index is 11.7. The third-order valence-electron chi connectivity index (χ3n) is 2.33. The quantitative estimate of drug-likeness (QED) is 0.881. The van der Waals surface area contributed by atoms with Crippen LogP contribution < -0.4 is 5.56 Å². The van der Waals surface area contributed by atoms with Gasteiger partial charge in [-0.3, -0.25) is 4.79 Å². The molecule has 0 saturated heterocycles. The smallest absolute Gasteiger partial charge is 0.253 e. The number of aliphatic hydroxyl groups is 1. The summed E-state index contributed by atoms with van der Waals surface area (Å²) < 4.78 is 2.39. The Kier molecular flexibility index (Phi) is 3.50. The van der Waals surface area contributed by atoms with Crippen LogP contribution in [-0.4, -0.2) is 15.8 Å². The third kappa shape index (κ3) is 2.25. The Labute approximate surface area is 91.5 Å². The normalized spacial score (nSPS) is 15.2. The number of hydrogen-bond acceptors (Lipinski definition) is 2. The molecule has 1 rings (SSSR count). The minimum Gasteiger partial charge on any atom is -0.391 e. The SMILES string of the molecule is Cc1cc(Br)cn(C(C)C(C)O)c1=O. The lowest BCUT2D eigenvalue weighted by Crippen LogP contribution is -2.30. The van der Waals surface area contributed by atoms with Gasteiger partial charge in [0.05, 0.1) is 12.1 Å². The lowest BCUT2D eigenvalue weighted by atomic mass is 10.2. The maximum atomic E-state index is 11.7. The van der Waals surface area contributed by atoms with Crippen molar-refractivity contribution in [1.82, 2.24) is 4.57 Å². The molecule has 0 aliphatic carbocycles. The molecule has 1 aromatic rings. The van der Waals surface area contributed by atoms with E-state index in [0.717, 1.165) is 4.47 Å². The van der Waals surface area contributed by atoms with Crippen molar-refractivity contribution in [3.8, 4) is 0 Å². The minimum absolute atomic E-state index is 0.0541. The Hall–Kier alpha value is -0.610. The van der Waals surface area contributed by atoms with Crippen molar-refractivity contribution in [1.29, 1.82) is 0 Å². The molecule has 1 aromatic heterocycles. The van der Waals surface area contributed by atoms with Crippen molar-refractivity contribution in [2.24, 2.45) is 0 Å². The second-order valence-electron chi connectivity index (χ2n) is 3.53. The van der Waals surface area contributed by atoms with Gasteiger partial charge in [-0.15, -0.1) is 0 Å². The van der Waals surface area contributed by atoms with Gasteiger partial charge in [0, 0.05) is 16.2 Å². The number of rotatable bonds is 2. The van der Waals surface area contributed by atoms with Crippen LogP contribution in [0.4, 0.5) is 0 Å². The highest BCUT2D eigenvalue weighted by Gasteiger charge is 2.13. The van der Waals surface area contributed by atoms with Crippen molar-refractivity contribution in [3.05, 3.63) is 32.7 Å². The van der Waals surface area contributed by atoms with Gasteiger partial charge in [-0.25, -0.2) is 0 Å². The van der Waals surface area contributed by atoms with Crippen LogP contribution in [0.5, 0.6) is 0 Å². The van der Waals surface area contributed by atoms with Crippen LogP contribution in [0.2, 0.25) is 0 Å². The molecule has 0 aromatic carbocycles. The van der Waals surface area contributed by atoms with Gasteiger partial charge in [-0.2, -0.15) is 0 Å². The van der Waals surface area contributed by atoms with Crippen LogP contribution in [0.15, 0.2) is 21.5 Å². The van der Waals surface area contributed by atoms with Crippen molar-refractivity contribution in [2.45, 2.75) is 32.9 Å². The largest absolute Gasteiger partial charge is 0.391 e. The summed E-state index contributed by atoms with van der Waals surface area (Å²) in [5.41, 5.74) is 0.619. The highest BCUT2D eigenvalue weighted by atomic mass is 79.9. The zero-order valence-corrected chi connectivity index (χ0v) is 10.1. The lowest BCUT2D eigenvalue weighted by Gasteiger charge is -2.18. The fourth-order valence-electron chi connectivity index (χ4n) is 1.24. The van der Waals surface area contributed by atoms with Crippen molar-refractivity contribution >= 4 is 15.9 Å². The predicted molar refractivity (Wildman–Crippen MR) is 59.5 cm³/mol. The van der Waals surface area contributed by atoms with E-state index in [9.17, 15) is 9.90 Å². The first-order valence-electron chi connectivity index (χ1n) is 4.50. The summed E-state index contributed by atoms with van der Waals surface area (Å²) >= 11 is 3.32. The van der Waals surface area contributed by atoms with E-state index in [1.807, 2.05) is 6.92 Å². The zero-order chi connectivity index (χ0) is 10.9. The van der Waals surface area contributed by atoms with E-state index in [-0.39, 0.29) is 11.6 Å². The fraction of sp³-hybridized carbons (Fsp3) is 0.500. The van der Waals surface area contributed by atoms with E-state index in [0.29, 0.717) is 5.56 Å². The molecule has 1 N–H and O–H groups in total. The molecule has 4 heteroatoms. The number of pyridine rings is 1. The predicted octanol–water partition coefficient (Wildman–Crippen LogP) is 1.86. The summed E-state index contributed by atoms with van der Waals surface area (Å²) in [6.07, 6.45) is 1.16. The topological polar surface area (TPSA) is 42.2 Å². The molecule has 14 heavy (non-hydrogen) atoms. The van der Waals surface area contributed by atoms with E-state index in [1.165, 1.54) is 0 Å². The molecule has 0 aliphatic rings. The van der Waals surface area contributed by atoms with Crippen molar-refractivity contribution < 1.29 is 5.11 Å². The molecule has 3 nitrogen and oxygen atoms in total. The Morgan fingerprint density at radius 2 is 2.07 bits per heavy atom. The van der Waals surface area contributed by atoms with E-state index >= 15 is 0 Å². The summed E-state index contributed by atoms with van der Waals surface area (Å²) in [5.74, 6) is 0. The molecule has 0 radical (unpaired) electrons. The van der Waals surface area contributed by atoms with Crippen LogP contribution in [0.25, 0.3) is 0 Å². The van der Waals surface area contributed by atoms with Crippen molar-refractivity contribution in [2.75, 3.05) is 0 Å². The van der Waals surface area contributed by atoms with Gasteiger partial charge in [-0.1, -0.05) is 0 Å². The van der Waals surface area contributed by atoms with Crippen molar-refractivity contribution in [3.63, 3.8) is 0 Å². The molecule has 0 amide bonds. The van der Waals surface area contributed by atoms with Gasteiger partial charge in [0.25, 0.3) is 5.56 Å². The zero-order valence-electron chi connectivity index (χ0n) is 8.49. The Balaban J connectivity index is 3.27. The van der Waals surface area contributed by atoms with Crippen LogP contribution in [0, 0.1) is 6.92 Å². The average molecular weight is 260 g/mol. The number of aromatic nitrogens is 1. The molecule has 1 heterocycles. The first kappa shape index (κ1) is 11.5. The molecule has 0 aliphatic heterocycles. The Bertz CT molecular complexity index is 384. The van der Waals surface area contributed by atoms with E-state index < -0.39 is 6.10 Å². The summed E-state index contributed by atoms with van der Waals surface area (Å²) in [5, 5.41) is 9.41. The third-order valence-corrected chi connectivity index (χ3v) is 2.76. The fourth-order valence-corrected chi connectivity index (χ4v) is 1.80. The molecular weight excluding hydrogens is 246 g/mol. The summed E-state index contributed by atoms with van der Waals surface area (Å²) in [4.78, 5) is 11.7. The second-order valence-corrected chi connectivity index (χ2v) is 4.45. The van der Waals surface area contributed by atoms with Crippen LogP contribution in [0.3, 0.4) is 0 Å². The molecule has 2 atom stereocenters. The van der Waals surface area contributed by atoms with Gasteiger partial charge >= 0.3 is 0 Å². The average Bonchev–Trinajstić information content (AvgIpc) is 2.09. The Morgan fingerprint density at radius 3 is 2.57 bits per heavy atom. The Morgan fingerprint density at radius 1 is 1.50 bits per heavy atom. The molecular formula is C10H14BrNO2. The van der Waals surface area contributed by atoms with Crippen LogP contribution >= 0.6 is 15.9 Å². The van der Waals surface area contributed by atoms with E-state index in [4.69, 9.17) is 0 Å². The second kappa shape index (κ2) is 4.28. The highest BCUT2D eigenvalue weighted by molar-refractivity contribution is 9.10. The summed E-state index contributed by atoms with van der Waals surface area (Å²) in [6, 6.07) is 1.56. The van der Waals surface area contributed by atoms with Gasteiger partial charge < -0.3 is 9.67 Å². The lowest BCUT2D eigenvalue weighted by molar-refractivity contribution is 0.137. The highest BCUT2D eigenvalue weighted by Crippen LogP contribution is 2.13. The molecule has 78 valence electrons. The first-order valence-corrected chi connectivity index (χ1v) is 5.29. The summed E-state index contributed by atoms with van der Waals surface area (Å²) in [6.45, 7) is 5.25. The summed E-state index contributed by atoms with van der Waals surface area (Å²) in [7, 11) is 0. The molecule has 0 spiro atoms. The van der Waals surface area contributed by atoms with Gasteiger partial charge in [-0.05, 0) is 42.8 Å². The standard InChI is InChI=1S/C10H14BrNO2/c1-6-4-9(11)5-12(10(6)14)7(2)8(3)13/h4-5,7-8,13H,1-3H3. The number of hydrogen-bond donors (Lipinski definition) is 1. The van der Waals surface area contributed by atoms with Gasteiger partial charge in [0.2, 0.25) is 0 Å². The maximum Gasteiger partial charge on any atom is 0.253 e. The van der Waals surface area contributed by atoms with Gasteiger partial charge in [0.1, 0.15) is 0 Å². The number of aryl methyl sites for hydroxylation is 1. The number of nitrogens with zero attached hydrogens (tertiary/aromatic N) is 1. The van der Waals surface area contributed by atoms with Crippen LogP contribution in [-0.2, 0) is 0 Å². The molecule has 0 fully saturated rings. The monoisotopic (exact) mass is 259 g/mol. The molecule has 0 saturated carbocycles. The molecule has 0 bridgehead atoms. The van der Waals surface area contributed by atoms with Crippen LogP contribution in [0.1, 0.15) is 25.5 Å². The van der Waals surface area contributed by atoms with E-state index in [1.54, 1.807) is 30.7 Å². The minimum atomic E-state index is -0.540. The van der Waals surface area contributed by atoms with Gasteiger partial charge in [0.15, 0.2) is 0 Å². The number of aliphatic hydroxyl groups excluding tert-OH is 1. The first-order chi connectivity index (χ1) is 6.43. The number of halogens is 1. The van der Waals surface area contributed by atoms with E-state index in [2.05, 4.69) is 15.9 Å².